The molecule has 1 aromatic carbocycles. The van der Waals surface area contributed by atoms with Crippen LogP contribution < -0.4 is 10.5 Å². The minimum absolute atomic E-state index is 0.579. The molecule has 2 aromatic rings. The Labute approximate surface area is 75.9 Å². The summed E-state index contributed by atoms with van der Waals surface area (Å²) in [6.45, 7) is 0. The minimum atomic E-state index is 0.579. The van der Waals surface area contributed by atoms with Crippen molar-refractivity contribution in [3.8, 4) is 5.88 Å². The molecule has 0 amide bonds. The number of aryl methyl sites for hydroxylation is 1. The maximum absolute atomic E-state index is 5.81. The number of anilines is 1. The summed E-state index contributed by atoms with van der Waals surface area (Å²) in [6, 6.07) is 5.70. The average molecular weight is 177 g/mol. The molecule has 1 aromatic heterocycles. The molecule has 2 N–H and O–H groups in total. The lowest BCUT2D eigenvalue weighted by molar-refractivity contribution is 0.396. The van der Waals surface area contributed by atoms with Crippen LogP contribution in [0.1, 0.15) is 0 Å². The molecule has 0 saturated heterocycles. The SMILES string of the molecule is COc1nn(C)c2cccc(N)c12. The summed E-state index contributed by atoms with van der Waals surface area (Å²) in [6.07, 6.45) is 0. The second-order valence-corrected chi connectivity index (χ2v) is 2.87. The molecule has 0 fully saturated rings. The number of ether oxygens (including phenoxy) is 1. The lowest BCUT2D eigenvalue weighted by Gasteiger charge is -1.97. The molecule has 0 aliphatic rings. The van der Waals surface area contributed by atoms with Gasteiger partial charge in [-0.2, -0.15) is 0 Å². The minimum Gasteiger partial charge on any atom is -0.479 e. The normalized spacial score (nSPS) is 10.6. The second-order valence-electron chi connectivity index (χ2n) is 2.87. The number of methoxy groups -OCH3 is 1. The molecule has 4 nitrogen and oxygen atoms in total. The Morgan fingerprint density at radius 2 is 2.23 bits per heavy atom. The lowest BCUT2D eigenvalue weighted by Crippen LogP contribution is -1.90. The molecule has 1 heterocycles. The third-order valence-electron chi connectivity index (χ3n) is 2.07. The predicted molar refractivity (Wildman–Crippen MR) is 51.7 cm³/mol. The number of hydrogen-bond donors (Lipinski definition) is 1. The third-order valence-corrected chi connectivity index (χ3v) is 2.07. The molecule has 0 spiro atoms. The summed E-state index contributed by atoms with van der Waals surface area (Å²) in [5.41, 5.74) is 7.49. The van der Waals surface area contributed by atoms with Crippen LogP contribution in [-0.2, 0) is 7.05 Å². The van der Waals surface area contributed by atoms with E-state index in [2.05, 4.69) is 5.10 Å². The highest BCUT2D eigenvalue weighted by Crippen LogP contribution is 2.28. The molecule has 0 atom stereocenters. The number of rotatable bonds is 1. The van der Waals surface area contributed by atoms with E-state index < -0.39 is 0 Å². The Kier molecular flexibility index (Phi) is 1.62. The Hall–Kier alpha value is -1.71. The number of aromatic nitrogens is 2. The first-order valence-electron chi connectivity index (χ1n) is 3.99. The molecular weight excluding hydrogens is 166 g/mol. The van der Waals surface area contributed by atoms with Gasteiger partial charge in [0.25, 0.3) is 0 Å². The van der Waals surface area contributed by atoms with Crippen molar-refractivity contribution in [1.29, 1.82) is 0 Å². The molecule has 0 unspecified atom stereocenters. The summed E-state index contributed by atoms with van der Waals surface area (Å²) in [5.74, 6) is 0.579. The fraction of sp³-hybridized carbons (Fsp3) is 0.222. The van der Waals surface area contributed by atoms with Gasteiger partial charge in [0.15, 0.2) is 0 Å². The zero-order valence-corrected chi connectivity index (χ0v) is 7.61. The van der Waals surface area contributed by atoms with Gasteiger partial charge in [0.2, 0.25) is 5.88 Å². The summed E-state index contributed by atoms with van der Waals surface area (Å²) < 4.78 is 6.87. The zero-order valence-electron chi connectivity index (χ0n) is 7.61. The maximum atomic E-state index is 5.81. The molecule has 0 aliphatic carbocycles. The molecule has 0 radical (unpaired) electrons. The lowest BCUT2D eigenvalue weighted by atomic mass is 10.2. The van der Waals surface area contributed by atoms with Gasteiger partial charge in [0, 0.05) is 12.7 Å². The molecule has 13 heavy (non-hydrogen) atoms. The van der Waals surface area contributed by atoms with Gasteiger partial charge in [0.05, 0.1) is 18.0 Å². The Morgan fingerprint density at radius 1 is 1.46 bits per heavy atom. The fourth-order valence-corrected chi connectivity index (χ4v) is 1.44. The highest BCUT2D eigenvalue weighted by Gasteiger charge is 2.10. The van der Waals surface area contributed by atoms with Crippen LogP contribution in [-0.4, -0.2) is 16.9 Å². The van der Waals surface area contributed by atoms with E-state index in [1.807, 2.05) is 25.2 Å². The zero-order chi connectivity index (χ0) is 9.42. The number of nitrogen functional groups attached to an aromatic ring is 1. The van der Waals surface area contributed by atoms with Gasteiger partial charge in [-0.05, 0) is 12.1 Å². The number of benzene rings is 1. The van der Waals surface area contributed by atoms with Crippen LogP contribution in [0, 0.1) is 0 Å². The van der Waals surface area contributed by atoms with Crippen molar-refractivity contribution < 1.29 is 4.74 Å². The maximum Gasteiger partial charge on any atom is 0.242 e. The van der Waals surface area contributed by atoms with Crippen molar-refractivity contribution in [3.63, 3.8) is 0 Å². The van der Waals surface area contributed by atoms with Crippen LogP contribution in [0.2, 0.25) is 0 Å². The first kappa shape index (κ1) is 7.91. The van der Waals surface area contributed by atoms with E-state index in [9.17, 15) is 0 Å². The molecule has 0 saturated carbocycles. The van der Waals surface area contributed by atoms with E-state index in [0.717, 1.165) is 10.9 Å². The monoisotopic (exact) mass is 177 g/mol. The van der Waals surface area contributed by atoms with Crippen molar-refractivity contribution >= 4 is 16.6 Å². The smallest absolute Gasteiger partial charge is 0.242 e. The summed E-state index contributed by atoms with van der Waals surface area (Å²) >= 11 is 0. The highest BCUT2D eigenvalue weighted by molar-refractivity contribution is 5.95. The first-order chi connectivity index (χ1) is 6.24. The molecule has 0 bridgehead atoms. The second kappa shape index (κ2) is 2.65. The Bertz CT molecular complexity index is 447. The number of hydrogen-bond acceptors (Lipinski definition) is 3. The predicted octanol–water partition coefficient (Wildman–Crippen LogP) is 1.16. The molecular formula is C9H11N3O. The molecule has 2 rings (SSSR count). The van der Waals surface area contributed by atoms with E-state index in [0.29, 0.717) is 11.6 Å². The van der Waals surface area contributed by atoms with Crippen LogP contribution in [0.5, 0.6) is 5.88 Å². The highest BCUT2D eigenvalue weighted by atomic mass is 16.5. The first-order valence-corrected chi connectivity index (χ1v) is 3.99. The quantitative estimate of drug-likeness (QED) is 0.665. The van der Waals surface area contributed by atoms with Crippen LogP contribution >= 0.6 is 0 Å². The Morgan fingerprint density at radius 3 is 2.92 bits per heavy atom. The van der Waals surface area contributed by atoms with E-state index in [4.69, 9.17) is 10.5 Å². The van der Waals surface area contributed by atoms with Gasteiger partial charge in [0.1, 0.15) is 0 Å². The fourth-order valence-electron chi connectivity index (χ4n) is 1.44. The van der Waals surface area contributed by atoms with Gasteiger partial charge < -0.3 is 10.5 Å². The van der Waals surface area contributed by atoms with Crippen molar-refractivity contribution in [3.05, 3.63) is 18.2 Å². The number of nitrogens with zero attached hydrogens (tertiary/aromatic N) is 2. The van der Waals surface area contributed by atoms with Gasteiger partial charge in [-0.25, -0.2) is 0 Å². The van der Waals surface area contributed by atoms with Crippen molar-refractivity contribution in [2.75, 3.05) is 12.8 Å². The van der Waals surface area contributed by atoms with E-state index in [1.165, 1.54) is 0 Å². The molecule has 0 aliphatic heterocycles. The largest absolute Gasteiger partial charge is 0.479 e. The van der Waals surface area contributed by atoms with Gasteiger partial charge in [-0.3, -0.25) is 4.68 Å². The van der Waals surface area contributed by atoms with E-state index in [-0.39, 0.29) is 0 Å². The summed E-state index contributed by atoms with van der Waals surface area (Å²) in [4.78, 5) is 0. The molecule has 68 valence electrons. The molecule has 4 heteroatoms. The van der Waals surface area contributed by atoms with E-state index >= 15 is 0 Å². The third kappa shape index (κ3) is 1.02. The van der Waals surface area contributed by atoms with Crippen molar-refractivity contribution in [2.24, 2.45) is 7.05 Å². The van der Waals surface area contributed by atoms with Gasteiger partial charge in [-0.1, -0.05) is 6.07 Å². The van der Waals surface area contributed by atoms with Crippen LogP contribution in [0.3, 0.4) is 0 Å². The van der Waals surface area contributed by atoms with Crippen molar-refractivity contribution in [2.45, 2.75) is 0 Å². The van der Waals surface area contributed by atoms with Gasteiger partial charge in [-0.15, -0.1) is 5.10 Å². The summed E-state index contributed by atoms with van der Waals surface area (Å²) in [7, 11) is 3.46. The van der Waals surface area contributed by atoms with E-state index in [1.54, 1.807) is 11.8 Å². The van der Waals surface area contributed by atoms with Crippen LogP contribution in [0.15, 0.2) is 18.2 Å². The Balaban J connectivity index is 2.89. The topological polar surface area (TPSA) is 53.1 Å². The standard InChI is InChI=1S/C9H11N3O/c1-12-7-5-3-4-6(10)8(7)9(11-12)13-2/h3-5H,10H2,1-2H3. The number of fused-ring (bicyclic) bond motifs is 1. The van der Waals surface area contributed by atoms with Crippen LogP contribution in [0.25, 0.3) is 10.9 Å². The average Bonchev–Trinajstić information content (AvgIpc) is 2.45. The summed E-state index contributed by atoms with van der Waals surface area (Å²) in [5, 5.41) is 5.07. The van der Waals surface area contributed by atoms with Crippen molar-refractivity contribution in [1.82, 2.24) is 9.78 Å². The van der Waals surface area contributed by atoms with Crippen LogP contribution in [0.4, 0.5) is 5.69 Å². The number of nitrogens with two attached hydrogens (primary N) is 1. The van der Waals surface area contributed by atoms with Gasteiger partial charge >= 0.3 is 0 Å².